The van der Waals surface area contributed by atoms with Crippen LogP contribution in [-0.4, -0.2) is 24.6 Å². The molecule has 1 aliphatic heterocycles. The second-order valence-corrected chi connectivity index (χ2v) is 8.14. The highest BCUT2D eigenvalue weighted by Gasteiger charge is 2.25. The van der Waals surface area contributed by atoms with Crippen molar-refractivity contribution in [2.45, 2.75) is 13.1 Å². The first kappa shape index (κ1) is 17.3. The predicted molar refractivity (Wildman–Crippen MR) is 120 cm³/mol. The lowest BCUT2D eigenvalue weighted by Gasteiger charge is -2.19. The van der Waals surface area contributed by atoms with Crippen molar-refractivity contribution in [1.82, 2.24) is 24.6 Å². The van der Waals surface area contributed by atoms with Gasteiger partial charge in [-0.2, -0.15) is 9.61 Å². The normalized spacial score (nSPS) is 13.3. The maximum Gasteiger partial charge on any atom is 0.167 e. The summed E-state index contributed by atoms with van der Waals surface area (Å²) in [6.07, 6.45) is 7.39. The summed E-state index contributed by atoms with van der Waals surface area (Å²) in [6, 6.07) is 12.2. The molecular weight excluding hydrogens is 442 g/mol. The maximum absolute atomic E-state index is 6.43. The number of pyridine rings is 2. The van der Waals surface area contributed by atoms with Crippen molar-refractivity contribution in [3.8, 4) is 11.1 Å². The van der Waals surface area contributed by atoms with E-state index in [9.17, 15) is 0 Å². The number of aromatic nitrogens is 5. The fraction of sp³-hybridized carbons (Fsp3) is 0.0909. The molecule has 6 rings (SSSR count). The summed E-state index contributed by atoms with van der Waals surface area (Å²) in [5.74, 6) is 1.32. The van der Waals surface area contributed by atoms with Crippen LogP contribution in [0.5, 0.6) is 0 Å². The summed E-state index contributed by atoms with van der Waals surface area (Å²) in [7, 11) is 0. The van der Waals surface area contributed by atoms with E-state index in [0.29, 0.717) is 11.5 Å². The summed E-state index contributed by atoms with van der Waals surface area (Å²) in [5.41, 5.74) is 12.4. The number of nitrogens with zero attached hydrogens (tertiary/aromatic N) is 6. The van der Waals surface area contributed by atoms with Crippen LogP contribution in [-0.2, 0) is 13.1 Å². The number of hydrogen-bond acceptors (Lipinski definition) is 6. The van der Waals surface area contributed by atoms with Crippen molar-refractivity contribution >= 4 is 44.1 Å². The van der Waals surface area contributed by atoms with E-state index in [4.69, 9.17) is 10.7 Å². The Balaban J connectivity index is 1.50. The number of hydrogen-bond donors (Lipinski definition) is 1. The van der Waals surface area contributed by atoms with Gasteiger partial charge in [0, 0.05) is 48.2 Å². The van der Waals surface area contributed by atoms with Crippen molar-refractivity contribution in [2.24, 2.45) is 0 Å². The van der Waals surface area contributed by atoms with E-state index in [1.165, 1.54) is 11.1 Å². The Hall–Kier alpha value is -3.52. The molecule has 0 fully saturated rings. The summed E-state index contributed by atoms with van der Waals surface area (Å²) >= 11 is 3.64. The molecule has 5 aromatic rings. The average Bonchev–Trinajstić information content (AvgIpc) is 3.40. The van der Waals surface area contributed by atoms with Crippen molar-refractivity contribution in [2.75, 3.05) is 10.6 Å². The van der Waals surface area contributed by atoms with E-state index >= 15 is 0 Å². The first-order valence-electron chi connectivity index (χ1n) is 9.53. The standard InChI is InChI=1S/C22H16BrN7/c23-19-20(24)30-21(28-22(19)29-11-14-5-6-25-8-16(14)12-29)17(10-27-30)15-7-13-3-1-2-4-18(13)26-9-15/h1-10H,11-12,24H2. The summed E-state index contributed by atoms with van der Waals surface area (Å²) in [6.45, 7) is 1.51. The van der Waals surface area contributed by atoms with Crippen LogP contribution in [0.2, 0.25) is 0 Å². The molecule has 5 heterocycles. The van der Waals surface area contributed by atoms with Gasteiger partial charge in [-0.05, 0) is 45.3 Å². The van der Waals surface area contributed by atoms with Gasteiger partial charge in [-0.3, -0.25) is 9.97 Å². The minimum absolute atomic E-state index is 0.518. The molecule has 8 heteroatoms. The van der Waals surface area contributed by atoms with Gasteiger partial charge in [0.2, 0.25) is 0 Å². The van der Waals surface area contributed by atoms with Crippen LogP contribution in [0.3, 0.4) is 0 Å². The Morgan fingerprint density at radius 3 is 2.77 bits per heavy atom. The maximum atomic E-state index is 6.43. The van der Waals surface area contributed by atoms with E-state index < -0.39 is 0 Å². The fourth-order valence-corrected chi connectivity index (χ4v) is 4.49. The zero-order valence-electron chi connectivity index (χ0n) is 15.8. The van der Waals surface area contributed by atoms with E-state index in [2.05, 4.69) is 54.1 Å². The third kappa shape index (κ3) is 2.57. The monoisotopic (exact) mass is 457 g/mol. The Morgan fingerprint density at radius 2 is 1.87 bits per heavy atom. The van der Waals surface area contributed by atoms with Gasteiger partial charge in [0.1, 0.15) is 16.1 Å². The van der Waals surface area contributed by atoms with E-state index in [-0.39, 0.29) is 0 Å². The molecule has 0 atom stereocenters. The fourth-order valence-electron chi connectivity index (χ4n) is 3.98. The number of anilines is 2. The third-order valence-electron chi connectivity index (χ3n) is 5.53. The zero-order valence-corrected chi connectivity index (χ0v) is 17.4. The highest BCUT2D eigenvalue weighted by Crippen LogP contribution is 2.37. The van der Waals surface area contributed by atoms with Gasteiger partial charge >= 0.3 is 0 Å². The number of para-hydroxylation sites is 1. The number of nitrogen functional groups attached to an aromatic ring is 1. The van der Waals surface area contributed by atoms with Crippen LogP contribution in [0.15, 0.2) is 65.7 Å². The lowest BCUT2D eigenvalue weighted by atomic mass is 10.1. The molecule has 0 saturated heterocycles. The molecule has 0 unspecified atom stereocenters. The Morgan fingerprint density at radius 1 is 1.00 bits per heavy atom. The van der Waals surface area contributed by atoms with E-state index in [1.54, 1.807) is 10.7 Å². The average molecular weight is 458 g/mol. The second kappa shape index (κ2) is 6.50. The third-order valence-corrected chi connectivity index (χ3v) is 6.29. The van der Waals surface area contributed by atoms with Crippen molar-refractivity contribution in [3.63, 3.8) is 0 Å². The molecule has 0 aliphatic carbocycles. The van der Waals surface area contributed by atoms with Gasteiger partial charge in [-0.1, -0.05) is 18.2 Å². The van der Waals surface area contributed by atoms with Crippen molar-refractivity contribution in [1.29, 1.82) is 0 Å². The van der Waals surface area contributed by atoms with E-state index in [0.717, 1.165) is 45.4 Å². The second-order valence-electron chi connectivity index (χ2n) is 7.35. The largest absolute Gasteiger partial charge is 0.383 e. The van der Waals surface area contributed by atoms with Gasteiger partial charge in [-0.15, -0.1) is 0 Å². The lowest BCUT2D eigenvalue weighted by molar-refractivity contribution is 0.842. The first-order valence-corrected chi connectivity index (χ1v) is 10.3. The zero-order chi connectivity index (χ0) is 20.2. The molecule has 146 valence electrons. The van der Waals surface area contributed by atoms with Gasteiger partial charge < -0.3 is 10.6 Å². The van der Waals surface area contributed by atoms with Crippen molar-refractivity contribution < 1.29 is 0 Å². The predicted octanol–water partition coefficient (Wildman–Crippen LogP) is 4.20. The molecule has 1 aromatic carbocycles. The summed E-state index contributed by atoms with van der Waals surface area (Å²) in [4.78, 5) is 16.0. The van der Waals surface area contributed by atoms with Crippen LogP contribution in [0, 0.1) is 0 Å². The Labute approximate surface area is 180 Å². The summed E-state index contributed by atoms with van der Waals surface area (Å²) < 4.78 is 2.41. The molecule has 1 aliphatic rings. The first-order chi connectivity index (χ1) is 14.7. The molecule has 2 N–H and O–H groups in total. The minimum Gasteiger partial charge on any atom is -0.383 e. The number of benzene rings is 1. The van der Waals surface area contributed by atoms with Crippen LogP contribution in [0.1, 0.15) is 11.1 Å². The van der Waals surface area contributed by atoms with Crippen LogP contribution < -0.4 is 10.6 Å². The van der Waals surface area contributed by atoms with Crippen LogP contribution in [0.4, 0.5) is 11.6 Å². The van der Waals surface area contributed by atoms with Gasteiger partial charge in [-0.25, -0.2) is 4.98 Å². The topological polar surface area (TPSA) is 85.2 Å². The molecule has 0 radical (unpaired) electrons. The number of nitrogens with two attached hydrogens (primary N) is 1. The van der Waals surface area contributed by atoms with Gasteiger partial charge in [0.15, 0.2) is 5.65 Å². The molecule has 0 spiro atoms. The molecule has 0 saturated carbocycles. The van der Waals surface area contributed by atoms with Crippen LogP contribution >= 0.6 is 15.9 Å². The van der Waals surface area contributed by atoms with Crippen LogP contribution in [0.25, 0.3) is 27.7 Å². The number of fused-ring (bicyclic) bond motifs is 3. The molecule has 4 aromatic heterocycles. The minimum atomic E-state index is 0.518. The highest BCUT2D eigenvalue weighted by atomic mass is 79.9. The Kier molecular flexibility index (Phi) is 3.76. The molecular formula is C22H16BrN7. The number of rotatable bonds is 2. The molecule has 0 amide bonds. The smallest absolute Gasteiger partial charge is 0.167 e. The highest BCUT2D eigenvalue weighted by molar-refractivity contribution is 9.10. The van der Waals surface area contributed by atoms with Crippen molar-refractivity contribution in [3.05, 3.63) is 76.8 Å². The lowest BCUT2D eigenvalue weighted by Crippen LogP contribution is -2.18. The van der Waals surface area contributed by atoms with Gasteiger partial charge in [0.05, 0.1) is 11.7 Å². The SMILES string of the molecule is Nc1c(Br)c(N2Cc3ccncc3C2)nc2c(-c3cnc4ccccc4c3)cnn12. The quantitative estimate of drug-likeness (QED) is 0.427. The number of halogens is 1. The van der Waals surface area contributed by atoms with Gasteiger partial charge in [0.25, 0.3) is 0 Å². The molecule has 30 heavy (non-hydrogen) atoms. The molecule has 0 bridgehead atoms. The van der Waals surface area contributed by atoms with E-state index in [1.807, 2.05) is 36.8 Å². The molecule has 7 nitrogen and oxygen atoms in total. The Bertz CT molecular complexity index is 1420. The summed E-state index contributed by atoms with van der Waals surface area (Å²) in [5, 5.41) is 5.56.